The molecule has 0 unspecified atom stereocenters. The topological polar surface area (TPSA) is 334 Å². The number of nitrogens with one attached hydrogen (secondary N) is 4. The van der Waals surface area contributed by atoms with Gasteiger partial charge in [0.15, 0.2) is 11.6 Å². The lowest BCUT2D eigenvalue weighted by Crippen LogP contribution is -2.52. The molecule has 392 valence electrons. The van der Waals surface area contributed by atoms with Crippen molar-refractivity contribution in [3.05, 3.63) is 54.1 Å². The molecule has 1 aliphatic rings. The number of carbonyl (C=O) groups is 7. The Morgan fingerprint density at radius 3 is 2.26 bits per heavy atom. The number of primary amides is 1. The van der Waals surface area contributed by atoms with Crippen LogP contribution < -0.4 is 27.4 Å². The number of ketones is 2. The number of Topliss-reactive ketones (excluding diaryl/α,β-unsaturated/α-hetero) is 2. The van der Waals surface area contributed by atoms with E-state index in [9.17, 15) is 47.9 Å². The second kappa shape index (κ2) is 31.0. The van der Waals surface area contributed by atoms with Crippen LogP contribution in [-0.2, 0) is 69.7 Å². The lowest BCUT2D eigenvalue weighted by atomic mass is 9.89. The second-order valence-corrected chi connectivity index (χ2v) is 19.4. The molecule has 10 N–H and O–H groups in total. The third kappa shape index (κ3) is 22.2. The van der Waals surface area contributed by atoms with E-state index < -0.39 is 91.7 Å². The number of hydrogen-bond acceptors (Lipinski definition) is 15. The zero-order valence-corrected chi connectivity index (χ0v) is 42.3. The Hall–Kier alpha value is -4.58. The van der Waals surface area contributed by atoms with E-state index in [2.05, 4.69) is 55.2 Å². The van der Waals surface area contributed by atoms with Crippen LogP contribution in [0.5, 0.6) is 0 Å². The lowest BCUT2D eigenvalue weighted by Gasteiger charge is -2.27. The summed E-state index contributed by atoms with van der Waals surface area (Å²) >= 11 is 4.00. The first kappa shape index (κ1) is 59.7. The van der Waals surface area contributed by atoms with Crippen molar-refractivity contribution in [2.75, 3.05) is 51.9 Å². The molecule has 0 saturated carbocycles. The van der Waals surface area contributed by atoms with Gasteiger partial charge in [-0.1, -0.05) is 44.2 Å². The fraction of sp³-hybridized carbons (Fsp3) is 0.652. The van der Waals surface area contributed by atoms with Gasteiger partial charge in [0.05, 0.1) is 81.3 Å². The number of phosphoric acid groups is 1. The van der Waals surface area contributed by atoms with Gasteiger partial charge in [-0.05, 0) is 51.0 Å². The molecule has 8 atom stereocenters. The number of aromatic amines is 1. The molecule has 1 aromatic heterocycles. The number of H-pyrrole nitrogens is 1. The minimum atomic E-state index is -5.03. The average Bonchev–Trinajstić information content (AvgIpc) is 3.99. The van der Waals surface area contributed by atoms with Gasteiger partial charge >= 0.3 is 7.82 Å². The monoisotopic (exact) mass is 1020 g/mol. The Morgan fingerprint density at radius 1 is 0.929 bits per heavy atom. The van der Waals surface area contributed by atoms with Gasteiger partial charge in [-0.15, -0.1) is 0 Å². The van der Waals surface area contributed by atoms with Crippen LogP contribution in [-0.4, -0.2) is 154 Å². The highest BCUT2D eigenvalue weighted by atomic mass is 32.1. The molecule has 1 aromatic carbocycles. The Morgan fingerprint density at radius 2 is 1.63 bits per heavy atom. The summed E-state index contributed by atoms with van der Waals surface area (Å²) in [6.07, 6.45) is 2.85. The number of nitrogens with two attached hydrogens (primary N) is 2. The number of aromatic nitrogens is 2. The van der Waals surface area contributed by atoms with Crippen molar-refractivity contribution in [2.45, 2.75) is 122 Å². The molecule has 3 rings (SSSR count). The van der Waals surface area contributed by atoms with E-state index in [-0.39, 0.29) is 95.1 Å². The molecule has 0 aliphatic carbocycles. The van der Waals surface area contributed by atoms with Crippen molar-refractivity contribution in [1.29, 1.82) is 0 Å². The number of hydrogen-bond donors (Lipinski definition) is 9. The van der Waals surface area contributed by atoms with Gasteiger partial charge in [-0.25, -0.2) is 9.55 Å². The molecule has 1 aliphatic heterocycles. The Balaban J connectivity index is 1.70. The van der Waals surface area contributed by atoms with Gasteiger partial charge in [0.2, 0.25) is 29.5 Å². The fourth-order valence-corrected chi connectivity index (χ4v) is 8.51. The number of amides is 5. The van der Waals surface area contributed by atoms with Gasteiger partial charge in [0.25, 0.3) is 0 Å². The molecule has 22 nitrogen and oxygen atoms in total. The van der Waals surface area contributed by atoms with E-state index in [1.165, 1.54) is 36.8 Å². The highest BCUT2D eigenvalue weighted by Gasteiger charge is 2.41. The summed E-state index contributed by atoms with van der Waals surface area (Å²) in [5.74, 6) is -6.53. The summed E-state index contributed by atoms with van der Waals surface area (Å²) in [4.78, 5) is 120. The van der Waals surface area contributed by atoms with Crippen molar-refractivity contribution in [3.63, 3.8) is 0 Å². The largest absolute Gasteiger partial charge is 0.469 e. The van der Waals surface area contributed by atoms with Gasteiger partial charge in [0.1, 0.15) is 6.04 Å². The van der Waals surface area contributed by atoms with Crippen LogP contribution in [0.4, 0.5) is 0 Å². The van der Waals surface area contributed by atoms with Crippen molar-refractivity contribution >= 4 is 61.6 Å². The summed E-state index contributed by atoms with van der Waals surface area (Å²) < 4.78 is 33.3. The van der Waals surface area contributed by atoms with Crippen LogP contribution in [0.3, 0.4) is 0 Å². The predicted molar refractivity (Wildman–Crippen MR) is 260 cm³/mol. The van der Waals surface area contributed by atoms with Gasteiger partial charge in [0, 0.05) is 63.0 Å². The zero-order valence-electron chi connectivity index (χ0n) is 40.5. The van der Waals surface area contributed by atoms with Crippen LogP contribution in [0, 0.1) is 17.8 Å². The minimum absolute atomic E-state index is 0.00846. The third-order valence-electron chi connectivity index (χ3n) is 11.6. The SMILES string of the molecule is CC(C)C[C@H](NC(=O)[C@@H]1C[C@H](OCCCCc2ccccc2)CN1C(=O)CCOCCOCCNC(=O)[C@@H](N)CS)C(=O)C[C@@H](Cc1cnc[nH]1)C(=O)N[C@@H](C)C(=O)C[C@H](C(N)=O)[C@@H](C)OP(=O)(O)O. The quantitative estimate of drug-likeness (QED) is 0.0263. The number of aryl methyl sites for hydroxylation is 1. The molecule has 70 heavy (non-hydrogen) atoms. The van der Waals surface area contributed by atoms with Crippen LogP contribution in [0.2, 0.25) is 0 Å². The Bertz CT molecular complexity index is 2010. The third-order valence-corrected chi connectivity index (χ3v) is 12.6. The maximum Gasteiger partial charge on any atom is 0.469 e. The van der Waals surface area contributed by atoms with Gasteiger partial charge in [-0.2, -0.15) is 12.6 Å². The number of ether oxygens (including phenoxy) is 3. The molecule has 2 aromatic rings. The number of rotatable bonds is 35. The normalized spacial score (nSPS) is 17.5. The van der Waals surface area contributed by atoms with Crippen molar-refractivity contribution in [2.24, 2.45) is 29.2 Å². The summed E-state index contributed by atoms with van der Waals surface area (Å²) in [7, 11) is -5.03. The second-order valence-electron chi connectivity index (χ2n) is 17.8. The summed E-state index contributed by atoms with van der Waals surface area (Å²) in [5.41, 5.74) is 12.8. The molecule has 0 radical (unpaired) electrons. The van der Waals surface area contributed by atoms with E-state index in [1.807, 2.05) is 32.0 Å². The van der Waals surface area contributed by atoms with E-state index in [0.29, 0.717) is 12.3 Å². The number of unbranched alkanes of at least 4 members (excludes halogenated alkanes) is 1. The van der Waals surface area contributed by atoms with E-state index in [0.717, 1.165) is 19.3 Å². The Kier molecular flexibility index (Phi) is 26.5. The maximum atomic E-state index is 14.3. The molecule has 1 fully saturated rings. The first-order valence-corrected chi connectivity index (χ1v) is 25.8. The fourth-order valence-electron chi connectivity index (χ4n) is 7.76. The van der Waals surface area contributed by atoms with Gasteiger partial charge in [-0.3, -0.25) is 38.1 Å². The molecule has 5 amide bonds. The molecular weight excluding hydrogens is 952 g/mol. The number of imidazole rings is 1. The molecule has 0 spiro atoms. The van der Waals surface area contributed by atoms with Crippen LogP contribution in [0.25, 0.3) is 0 Å². The van der Waals surface area contributed by atoms with Crippen molar-refractivity contribution < 1.29 is 66.6 Å². The first-order chi connectivity index (χ1) is 33.2. The number of thiol groups is 1. The van der Waals surface area contributed by atoms with E-state index >= 15 is 0 Å². The zero-order chi connectivity index (χ0) is 51.8. The number of nitrogens with zero attached hydrogens (tertiary/aromatic N) is 2. The summed E-state index contributed by atoms with van der Waals surface area (Å²) in [6, 6.07) is 6.08. The van der Waals surface area contributed by atoms with Crippen LogP contribution in [0.15, 0.2) is 42.9 Å². The summed E-state index contributed by atoms with van der Waals surface area (Å²) in [6.45, 7) is 7.75. The van der Waals surface area contributed by atoms with Gasteiger partial charge < -0.3 is 61.3 Å². The summed E-state index contributed by atoms with van der Waals surface area (Å²) in [5, 5.41) is 8.12. The smallest absolute Gasteiger partial charge is 0.379 e. The highest BCUT2D eigenvalue weighted by Crippen LogP contribution is 2.39. The molecule has 0 bridgehead atoms. The van der Waals surface area contributed by atoms with Crippen LogP contribution >= 0.6 is 20.5 Å². The van der Waals surface area contributed by atoms with E-state index in [4.69, 9.17) is 25.7 Å². The van der Waals surface area contributed by atoms with E-state index in [1.54, 1.807) is 0 Å². The predicted octanol–water partition coefficient (Wildman–Crippen LogP) is 0.927. The molecule has 2 heterocycles. The standard InChI is InChI=1S/C46H73N8O14PS/c1-29(2)20-38(41(56)22-33(21-34-25-49-28-51-34)44(59)52-30(3)40(55)24-36(43(48)58)31(4)68-69(62,63)64)53-46(61)39-23-35(67-15-9-8-12-32-10-6-5-7-11-32)26-54(39)42(57)13-16-65-18-19-66-17-14-50-45(60)37(47)27-70/h5-7,10-11,25,28-31,33,35-39,70H,8-9,12-24,26-27,47H2,1-4H3,(H2,48,58)(H,49,51)(H,50,60)(H,52,59)(H,53,61)(H2,62,63,64)/t30-,31+,33+,35-,36-,37-,38-,39-/m0/s1. The minimum Gasteiger partial charge on any atom is -0.379 e. The van der Waals surface area contributed by atoms with Crippen molar-refractivity contribution in [1.82, 2.24) is 30.8 Å². The molecule has 24 heteroatoms. The average molecular weight is 1030 g/mol. The van der Waals surface area contributed by atoms with Crippen molar-refractivity contribution in [3.8, 4) is 0 Å². The lowest BCUT2D eigenvalue weighted by molar-refractivity contribution is -0.140. The number of carbonyl (C=O) groups excluding carboxylic acids is 7. The Labute approximate surface area is 414 Å². The van der Waals surface area contributed by atoms with Crippen LogP contribution in [0.1, 0.15) is 83.9 Å². The number of phosphoric ester groups is 1. The number of benzene rings is 1. The first-order valence-electron chi connectivity index (χ1n) is 23.6. The maximum absolute atomic E-state index is 14.3. The molecule has 1 saturated heterocycles. The highest BCUT2D eigenvalue weighted by molar-refractivity contribution is 7.80. The molecular formula is C46H73N8O14PS. The number of likely N-dealkylation sites (tertiary alicyclic amines) is 1.